The molecule has 0 bridgehead atoms. The Hall–Kier alpha value is -0.0800. The quantitative estimate of drug-likeness (QED) is 0.598. The summed E-state index contributed by atoms with van der Waals surface area (Å²) < 4.78 is 0. The van der Waals surface area contributed by atoms with Crippen molar-refractivity contribution < 1.29 is 0 Å². The molecule has 0 aromatic rings. The third kappa shape index (κ3) is 6.91. The molecule has 0 aromatic heterocycles. The van der Waals surface area contributed by atoms with Gasteiger partial charge in [-0.3, -0.25) is 0 Å². The van der Waals surface area contributed by atoms with Crippen LogP contribution in [0.5, 0.6) is 0 Å². The van der Waals surface area contributed by atoms with Crippen LogP contribution >= 0.6 is 0 Å². The molecule has 0 saturated carbocycles. The monoisotopic (exact) mass is 214 g/mol. The van der Waals surface area contributed by atoms with Gasteiger partial charge >= 0.3 is 0 Å². The molecule has 0 aliphatic carbocycles. The van der Waals surface area contributed by atoms with E-state index in [2.05, 4.69) is 32.7 Å². The van der Waals surface area contributed by atoms with Crippen LogP contribution in [-0.4, -0.2) is 30.6 Å². The predicted molar refractivity (Wildman–Crippen MR) is 69.1 cm³/mol. The van der Waals surface area contributed by atoms with Crippen molar-refractivity contribution in [2.45, 2.75) is 64.8 Å². The van der Waals surface area contributed by atoms with Gasteiger partial charge in [-0.05, 0) is 53.2 Å². The summed E-state index contributed by atoms with van der Waals surface area (Å²) >= 11 is 0. The fourth-order valence-corrected chi connectivity index (χ4v) is 1.60. The summed E-state index contributed by atoms with van der Waals surface area (Å²) in [7, 11) is 2.24. The molecule has 0 unspecified atom stereocenters. The molecule has 0 rings (SSSR count). The average molecular weight is 214 g/mol. The van der Waals surface area contributed by atoms with Gasteiger partial charge in [-0.15, -0.1) is 0 Å². The maximum absolute atomic E-state index is 5.46. The molecule has 0 radical (unpaired) electrons. The first kappa shape index (κ1) is 14.9. The summed E-state index contributed by atoms with van der Waals surface area (Å²) in [5.74, 6) is 0. The van der Waals surface area contributed by atoms with E-state index in [1.807, 2.05) is 0 Å². The van der Waals surface area contributed by atoms with Crippen LogP contribution < -0.4 is 5.73 Å². The fraction of sp³-hybridized carbons (Fsp3) is 1.00. The lowest BCUT2D eigenvalue weighted by atomic mass is 9.99. The van der Waals surface area contributed by atoms with Crippen molar-refractivity contribution in [1.82, 2.24) is 4.90 Å². The third-order valence-corrected chi connectivity index (χ3v) is 3.60. The van der Waals surface area contributed by atoms with Gasteiger partial charge in [0.25, 0.3) is 0 Å². The van der Waals surface area contributed by atoms with E-state index < -0.39 is 0 Å². The van der Waals surface area contributed by atoms with Gasteiger partial charge in [0.2, 0.25) is 0 Å². The van der Waals surface area contributed by atoms with E-state index in [0.29, 0.717) is 5.54 Å². The number of unbranched alkanes of at least 4 members (excludes halogenated alkanes) is 4. The highest BCUT2D eigenvalue weighted by molar-refractivity contribution is 4.76. The smallest absolute Gasteiger partial charge is 0.0147 e. The van der Waals surface area contributed by atoms with Crippen molar-refractivity contribution in [2.24, 2.45) is 5.73 Å². The lowest BCUT2D eigenvalue weighted by Crippen LogP contribution is -2.40. The Labute approximate surface area is 96.2 Å². The highest BCUT2D eigenvalue weighted by atomic mass is 15.2. The van der Waals surface area contributed by atoms with Gasteiger partial charge in [0.1, 0.15) is 0 Å². The minimum atomic E-state index is 0.358. The first-order chi connectivity index (χ1) is 7.04. The Morgan fingerprint density at radius 1 is 1.00 bits per heavy atom. The van der Waals surface area contributed by atoms with Gasteiger partial charge in [0.05, 0.1) is 0 Å². The first-order valence-corrected chi connectivity index (χ1v) is 6.46. The Bertz CT molecular complexity index is 143. The van der Waals surface area contributed by atoms with Crippen molar-refractivity contribution in [1.29, 1.82) is 0 Å². The summed E-state index contributed by atoms with van der Waals surface area (Å²) in [6.45, 7) is 8.98. The van der Waals surface area contributed by atoms with Gasteiger partial charge in [0.15, 0.2) is 0 Å². The van der Waals surface area contributed by atoms with Crippen molar-refractivity contribution in [3.63, 3.8) is 0 Å². The molecule has 0 spiro atoms. The molecular formula is C13H30N2. The van der Waals surface area contributed by atoms with E-state index in [9.17, 15) is 0 Å². The number of nitrogens with zero attached hydrogens (tertiary/aromatic N) is 1. The van der Waals surface area contributed by atoms with Crippen molar-refractivity contribution in [3.05, 3.63) is 0 Å². The van der Waals surface area contributed by atoms with E-state index in [1.54, 1.807) is 0 Å². The summed E-state index contributed by atoms with van der Waals surface area (Å²) in [5, 5.41) is 0. The van der Waals surface area contributed by atoms with Crippen LogP contribution in [0.1, 0.15) is 59.3 Å². The summed E-state index contributed by atoms with van der Waals surface area (Å²) in [5.41, 5.74) is 5.82. The van der Waals surface area contributed by atoms with E-state index >= 15 is 0 Å². The Kier molecular flexibility index (Phi) is 8.07. The molecule has 0 aliphatic heterocycles. The Balaban J connectivity index is 3.43. The second kappa shape index (κ2) is 8.12. The summed E-state index contributed by atoms with van der Waals surface area (Å²) in [6.07, 6.45) is 7.73. The van der Waals surface area contributed by atoms with Crippen LogP contribution in [0.4, 0.5) is 0 Å². The highest BCUT2D eigenvalue weighted by Gasteiger charge is 2.19. The second-order valence-electron chi connectivity index (χ2n) is 5.14. The van der Waals surface area contributed by atoms with Crippen LogP contribution in [-0.2, 0) is 0 Å². The third-order valence-electron chi connectivity index (χ3n) is 3.60. The van der Waals surface area contributed by atoms with Crippen LogP contribution in [0, 0.1) is 0 Å². The molecule has 0 fully saturated rings. The van der Waals surface area contributed by atoms with Gasteiger partial charge < -0.3 is 10.6 Å². The van der Waals surface area contributed by atoms with Crippen molar-refractivity contribution in [2.75, 3.05) is 20.1 Å². The van der Waals surface area contributed by atoms with Crippen LogP contribution in [0.2, 0.25) is 0 Å². The first-order valence-electron chi connectivity index (χ1n) is 6.46. The molecule has 2 heteroatoms. The topological polar surface area (TPSA) is 29.3 Å². The van der Waals surface area contributed by atoms with E-state index in [4.69, 9.17) is 5.73 Å². The van der Waals surface area contributed by atoms with Gasteiger partial charge in [-0.1, -0.05) is 26.2 Å². The van der Waals surface area contributed by atoms with Gasteiger partial charge in [-0.25, -0.2) is 0 Å². The number of nitrogens with two attached hydrogens (primary N) is 1. The van der Waals surface area contributed by atoms with E-state index in [1.165, 1.54) is 45.1 Å². The lowest BCUT2D eigenvalue weighted by Gasteiger charge is -2.34. The molecule has 0 heterocycles. The normalized spacial score (nSPS) is 12.4. The largest absolute Gasteiger partial charge is 0.330 e. The van der Waals surface area contributed by atoms with Crippen LogP contribution in [0.3, 0.4) is 0 Å². The average Bonchev–Trinajstić information content (AvgIpc) is 2.22. The number of hydrogen-bond acceptors (Lipinski definition) is 2. The zero-order valence-electron chi connectivity index (χ0n) is 11.2. The van der Waals surface area contributed by atoms with Gasteiger partial charge in [0, 0.05) is 5.54 Å². The Morgan fingerprint density at radius 2 is 1.53 bits per heavy atom. The summed E-state index contributed by atoms with van der Waals surface area (Å²) in [4.78, 5) is 2.48. The molecule has 0 amide bonds. The molecule has 92 valence electrons. The zero-order valence-corrected chi connectivity index (χ0v) is 11.2. The standard InChI is InChI=1S/C13H30N2/c1-5-13(2,3)15(4)12-10-8-6-7-9-11-14/h5-12,14H2,1-4H3. The van der Waals surface area contributed by atoms with Gasteiger partial charge in [-0.2, -0.15) is 0 Å². The Morgan fingerprint density at radius 3 is 2.07 bits per heavy atom. The molecule has 0 saturated heterocycles. The van der Waals surface area contributed by atoms with E-state index in [-0.39, 0.29) is 0 Å². The van der Waals surface area contributed by atoms with Crippen molar-refractivity contribution >= 4 is 0 Å². The fourth-order valence-electron chi connectivity index (χ4n) is 1.60. The molecule has 2 nitrogen and oxygen atoms in total. The minimum Gasteiger partial charge on any atom is -0.330 e. The SMILES string of the molecule is CCC(C)(C)N(C)CCCCCCCN. The van der Waals surface area contributed by atoms with E-state index in [0.717, 1.165) is 6.54 Å². The molecular weight excluding hydrogens is 184 g/mol. The molecule has 0 atom stereocenters. The molecule has 0 aromatic carbocycles. The van der Waals surface area contributed by atoms with Crippen LogP contribution in [0.25, 0.3) is 0 Å². The zero-order chi connectivity index (χ0) is 11.7. The predicted octanol–water partition coefficient (Wildman–Crippen LogP) is 3.02. The lowest BCUT2D eigenvalue weighted by molar-refractivity contribution is 0.148. The van der Waals surface area contributed by atoms with Crippen LogP contribution in [0.15, 0.2) is 0 Å². The van der Waals surface area contributed by atoms with Crippen molar-refractivity contribution in [3.8, 4) is 0 Å². The number of hydrogen-bond donors (Lipinski definition) is 1. The highest BCUT2D eigenvalue weighted by Crippen LogP contribution is 2.17. The maximum atomic E-state index is 5.46. The number of rotatable bonds is 9. The maximum Gasteiger partial charge on any atom is 0.0147 e. The molecule has 2 N–H and O–H groups in total. The molecule has 15 heavy (non-hydrogen) atoms. The molecule has 0 aliphatic rings. The summed E-state index contributed by atoms with van der Waals surface area (Å²) in [6, 6.07) is 0. The minimum absolute atomic E-state index is 0.358. The second-order valence-corrected chi connectivity index (χ2v) is 5.14.